The minimum Gasteiger partial charge on any atom is -0.309 e. The summed E-state index contributed by atoms with van der Waals surface area (Å²) in [4.78, 5) is 10.2. The Balaban J connectivity index is 0.708. The number of rotatable bonds is 5. The van der Waals surface area contributed by atoms with Crippen LogP contribution in [0.25, 0.3) is 219 Å². The normalized spacial score (nSPS) is 12.7. The van der Waals surface area contributed by atoms with E-state index < -0.39 is 0 Å². The smallest absolute Gasteiger partial charge is 0.138 e. The molecule has 24 rings (SSSR count). The SMILES string of the molecule is c1ccc(-n2c3ccc(-n4c5ccccc5c5cc6c7cc(-c8cccc(-n9c%10ccccc%10c%10cc(-n%11c%12ccccc%12c%12cc%13c%14ccccc%14n%14c%15ccc%16ccccc%16c%15c(c%12%11)c%13%14)ncc%109)c8)ccc7n7c8ccc9ccccc9c8c(c54)c67)cc3c3ccncc32)cc1. The van der Waals surface area contributed by atoms with Crippen molar-refractivity contribution in [3.05, 3.63) is 304 Å². The van der Waals surface area contributed by atoms with Gasteiger partial charge in [0.15, 0.2) is 0 Å². The first-order valence-corrected chi connectivity index (χ1v) is 33.7. The number of hydrogen-bond acceptors (Lipinski definition) is 2. The Morgan fingerprint density at radius 2 is 0.663 bits per heavy atom. The van der Waals surface area contributed by atoms with Gasteiger partial charge in [-0.1, -0.05) is 170 Å². The van der Waals surface area contributed by atoms with Gasteiger partial charge in [-0.05, 0) is 148 Å². The first-order chi connectivity index (χ1) is 48.7. The predicted molar refractivity (Wildman–Crippen MR) is 409 cm³/mol. The molecule has 10 heterocycles. The highest BCUT2D eigenvalue weighted by atomic mass is 15.1. The van der Waals surface area contributed by atoms with Gasteiger partial charge < -0.3 is 22.5 Å². The van der Waals surface area contributed by atoms with Crippen LogP contribution in [-0.4, -0.2) is 37.0 Å². The van der Waals surface area contributed by atoms with Gasteiger partial charge in [0.05, 0.1) is 89.6 Å². The highest BCUT2D eigenvalue weighted by Gasteiger charge is 2.29. The van der Waals surface area contributed by atoms with Gasteiger partial charge in [0.1, 0.15) is 5.82 Å². The van der Waals surface area contributed by atoms with E-state index in [1.54, 1.807) is 0 Å². The maximum Gasteiger partial charge on any atom is 0.138 e. The molecule has 0 spiro atoms. The fourth-order valence-corrected chi connectivity index (χ4v) is 18.2. The molecular weight excluding hydrogens is 1190 g/mol. The third-order valence-electron chi connectivity index (χ3n) is 22.1. The van der Waals surface area contributed by atoms with Crippen molar-refractivity contribution in [2.45, 2.75) is 0 Å². The summed E-state index contributed by atoms with van der Waals surface area (Å²) in [5, 5.41) is 24.6. The Morgan fingerprint density at radius 3 is 1.36 bits per heavy atom. The van der Waals surface area contributed by atoms with Crippen molar-refractivity contribution in [2.75, 3.05) is 0 Å². The molecule has 450 valence electrons. The van der Waals surface area contributed by atoms with Gasteiger partial charge in [0.2, 0.25) is 0 Å². The molecule has 10 aromatic heterocycles. The van der Waals surface area contributed by atoms with Crippen LogP contribution < -0.4 is 0 Å². The maximum absolute atomic E-state index is 5.58. The Labute approximate surface area is 556 Å². The van der Waals surface area contributed by atoms with Crippen LogP contribution in [0.1, 0.15) is 0 Å². The van der Waals surface area contributed by atoms with E-state index in [1.165, 1.54) is 152 Å². The fraction of sp³-hybridized carbons (Fsp3) is 0. The molecule has 0 aliphatic carbocycles. The summed E-state index contributed by atoms with van der Waals surface area (Å²) in [6, 6.07) is 106. The highest BCUT2D eigenvalue weighted by Crippen LogP contribution is 2.52. The third kappa shape index (κ3) is 6.36. The molecule has 14 aromatic carbocycles. The molecule has 98 heavy (non-hydrogen) atoms. The molecule has 0 amide bonds. The lowest BCUT2D eigenvalue weighted by Crippen LogP contribution is -1.99. The molecule has 0 unspecified atom stereocenters. The van der Waals surface area contributed by atoms with Crippen molar-refractivity contribution in [2.24, 2.45) is 0 Å². The summed E-state index contributed by atoms with van der Waals surface area (Å²) in [5.41, 5.74) is 22.0. The van der Waals surface area contributed by atoms with Gasteiger partial charge in [0.25, 0.3) is 0 Å². The summed E-state index contributed by atoms with van der Waals surface area (Å²) in [5.74, 6) is 0.886. The van der Waals surface area contributed by atoms with Crippen molar-refractivity contribution in [3.63, 3.8) is 0 Å². The van der Waals surface area contributed by atoms with E-state index in [9.17, 15) is 0 Å². The third-order valence-corrected chi connectivity index (χ3v) is 22.1. The van der Waals surface area contributed by atoms with Crippen LogP contribution in [-0.2, 0) is 0 Å². The molecule has 0 aliphatic rings. The van der Waals surface area contributed by atoms with Gasteiger partial charge >= 0.3 is 0 Å². The first-order valence-electron chi connectivity index (χ1n) is 33.7. The zero-order valence-corrected chi connectivity index (χ0v) is 52.4. The lowest BCUT2D eigenvalue weighted by Gasteiger charge is -2.12. The molecule has 24 aromatic rings. The van der Waals surface area contributed by atoms with Gasteiger partial charge in [-0.15, -0.1) is 0 Å². The highest BCUT2D eigenvalue weighted by molar-refractivity contribution is 6.39. The topological polar surface area (TPSA) is 54.3 Å². The van der Waals surface area contributed by atoms with E-state index >= 15 is 0 Å². The van der Waals surface area contributed by atoms with Crippen LogP contribution in [0.3, 0.4) is 0 Å². The minimum atomic E-state index is 0.886. The molecule has 0 N–H and O–H groups in total. The van der Waals surface area contributed by atoms with E-state index in [1.807, 2.05) is 12.4 Å². The van der Waals surface area contributed by atoms with Crippen molar-refractivity contribution in [1.82, 2.24) is 37.0 Å². The number of hydrogen-bond donors (Lipinski definition) is 0. The van der Waals surface area contributed by atoms with Crippen LogP contribution in [0.2, 0.25) is 0 Å². The molecule has 0 bridgehead atoms. The monoisotopic (exact) mass is 1240 g/mol. The van der Waals surface area contributed by atoms with Crippen LogP contribution >= 0.6 is 0 Å². The summed E-state index contributed by atoms with van der Waals surface area (Å²) < 4.78 is 14.8. The second-order valence-corrected chi connectivity index (χ2v) is 26.8. The van der Waals surface area contributed by atoms with E-state index in [4.69, 9.17) is 4.98 Å². The molecule has 0 aliphatic heterocycles. The number of fused-ring (bicyclic) bond motifs is 30. The van der Waals surface area contributed by atoms with Gasteiger partial charge in [0, 0.05) is 109 Å². The number of aromatic nitrogens is 8. The van der Waals surface area contributed by atoms with Gasteiger partial charge in [-0.25, -0.2) is 4.98 Å². The molecule has 0 fully saturated rings. The number of nitrogens with zero attached hydrogens (tertiary/aromatic N) is 8. The minimum absolute atomic E-state index is 0.886. The first kappa shape index (κ1) is 51.2. The van der Waals surface area contributed by atoms with E-state index in [-0.39, 0.29) is 0 Å². The average Bonchev–Trinajstić information content (AvgIpc) is 1.51. The predicted octanol–water partition coefficient (Wildman–Crippen LogP) is 23.1. The van der Waals surface area contributed by atoms with Crippen LogP contribution in [0.15, 0.2) is 304 Å². The quantitative estimate of drug-likeness (QED) is 0.172. The molecular formula is C90H50N8. The van der Waals surface area contributed by atoms with Crippen molar-refractivity contribution >= 4 is 185 Å². The second kappa shape index (κ2) is 18.3. The standard InChI is InChI=1S/C90H50N8/c1-2-20-55(21-3-1)93-76-40-36-57(45-66(76)64-41-42-91-49-80(64)93)95-73-30-13-9-26-61(73)68-47-71-65-44-54(35-37-77(65)97-79-39-34-51-17-4-6-23-58(51)83(79)85(87(68)95)89(71)97)53-19-16-22-56(43-53)94-72-29-12-8-25-60(72)67-48-82(92-50-81(67)94)98-75-32-15-11-28-63(75)70-46-69-62-27-10-14-31-74(62)96-78-38-33-52-18-5-7-24-59(52)84(78)86(88(69)96)90(70)98/h1-50H. The number of pyridine rings is 2. The van der Waals surface area contributed by atoms with E-state index in [0.29, 0.717) is 0 Å². The average molecular weight is 1240 g/mol. The summed E-state index contributed by atoms with van der Waals surface area (Å²) in [6.07, 6.45) is 6.03. The maximum atomic E-state index is 5.58. The van der Waals surface area contributed by atoms with Crippen LogP contribution in [0, 0.1) is 0 Å². The van der Waals surface area contributed by atoms with Crippen molar-refractivity contribution < 1.29 is 0 Å². The molecule has 0 radical (unpaired) electrons. The van der Waals surface area contributed by atoms with E-state index in [0.717, 1.165) is 67.0 Å². The summed E-state index contributed by atoms with van der Waals surface area (Å²) in [6.45, 7) is 0. The molecule has 0 saturated carbocycles. The summed E-state index contributed by atoms with van der Waals surface area (Å²) in [7, 11) is 0. The molecule has 0 atom stereocenters. The Bertz CT molecular complexity index is 7680. The van der Waals surface area contributed by atoms with Crippen molar-refractivity contribution in [1.29, 1.82) is 0 Å². The zero-order valence-electron chi connectivity index (χ0n) is 52.4. The number of para-hydroxylation sites is 5. The summed E-state index contributed by atoms with van der Waals surface area (Å²) >= 11 is 0. The number of benzene rings is 14. The Kier molecular flexibility index (Phi) is 9.57. The van der Waals surface area contributed by atoms with Gasteiger partial charge in [-0.3, -0.25) is 9.55 Å². The zero-order chi connectivity index (χ0) is 63.3. The van der Waals surface area contributed by atoms with Crippen molar-refractivity contribution in [3.8, 4) is 34.0 Å². The lowest BCUT2D eigenvalue weighted by atomic mass is 9.98. The van der Waals surface area contributed by atoms with Crippen LogP contribution in [0.4, 0.5) is 0 Å². The Morgan fingerprint density at radius 1 is 0.214 bits per heavy atom. The largest absolute Gasteiger partial charge is 0.309 e. The van der Waals surface area contributed by atoms with E-state index in [2.05, 4.69) is 323 Å². The second-order valence-electron chi connectivity index (χ2n) is 26.8. The fourth-order valence-electron chi connectivity index (χ4n) is 18.2. The molecule has 8 nitrogen and oxygen atoms in total. The Hall–Kier alpha value is -13.3. The lowest BCUT2D eigenvalue weighted by molar-refractivity contribution is 1.08. The molecule has 0 saturated heterocycles. The molecule has 8 heteroatoms. The van der Waals surface area contributed by atoms with Crippen LogP contribution in [0.5, 0.6) is 0 Å². The van der Waals surface area contributed by atoms with Gasteiger partial charge in [-0.2, -0.15) is 0 Å².